The van der Waals surface area contributed by atoms with E-state index >= 15 is 0 Å². The van der Waals surface area contributed by atoms with Gasteiger partial charge in [-0.05, 0) is 12.8 Å². The van der Waals surface area contributed by atoms with E-state index in [2.05, 4.69) is 4.84 Å². The Morgan fingerprint density at radius 2 is 1.78 bits per heavy atom. The molecular weight excluding hydrogens is 238 g/mol. The van der Waals surface area contributed by atoms with Gasteiger partial charge in [0, 0.05) is 25.7 Å². The zero-order valence-electron chi connectivity index (χ0n) is 10.8. The summed E-state index contributed by atoms with van der Waals surface area (Å²) in [6.45, 7) is 3.79. The summed E-state index contributed by atoms with van der Waals surface area (Å²) >= 11 is 0. The molecule has 0 saturated carbocycles. The molecule has 0 aliphatic carbocycles. The van der Waals surface area contributed by atoms with Crippen LogP contribution >= 0.6 is 0 Å². The zero-order chi connectivity index (χ0) is 14.0. The van der Waals surface area contributed by atoms with Gasteiger partial charge in [-0.15, -0.1) is 5.06 Å². The SMILES string of the molecule is CCCC(=O)ON1C(=O)CCC1=O.CCCC=O. The van der Waals surface area contributed by atoms with Gasteiger partial charge in [0.05, 0.1) is 0 Å². The lowest BCUT2D eigenvalue weighted by molar-refractivity contribution is -0.197. The Morgan fingerprint density at radius 3 is 2.11 bits per heavy atom. The highest BCUT2D eigenvalue weighted by Crippen LogP contribution is 2.12. The van der Waals surface area contributed by atoms with Gasteiger partial charge in [0.1, 0.15) is 6.29 Å². The molecule has 0 atom stereocenters. The van der Waals surface area contributed by atoms with E-state index in [1.807, 2.05) is 13.8 Å². The Morgan fingerprint density at radius 1 is 1.22 bits per heavy atom. The Hall–Kier alpha value is -1.72. The molecule has 0 unspecified atom stereocenters. The van der Waals surface area contributed by atoms with E-state index in [1.165, 1.54) is 0 Å². The molecule has 2 amide bonds. The topological polar surface area (TPSA) is 80.8 Å². The number of carbonyl (C=O) groups excluding carboxylic acids is 4. The van der Waals surface area contributed by atoms with Crippen LogP contribution in [0, 0.1) is 0 Å². The Bertz CT molecular complexity index is 298. The highest BCUT2D eigenvalue weighted by Gasteiger charge is 2.32. The first kappa shape index (κ1) is 16.3. The van der Waals surface area contributed by atoms with Crippen LogP contribution in [0.1, 0.15) is 52.4 Å². The number of imide groups is 1. The van der Waals surface area contributed by atoms with Crippen molar-refractivity contribution in [1.29, 1.82) is 0 Å². The van der Waals surface area contributed by atoms with Gasteiger partial charge in [0.15, 0.2) is 0 Å². The van der Waals surface area contributed by atoms with Crippen LogP contribution in [-0.4, -0.2) is 29.1 Å². The van der Waals surface area contributed by atoms with Gasteiger partial charge in [-0.1, -0.05) is 13.8 Å². The summed E-state index contributed by atoms with van der Waals surface area (Å²) < 4.78 is 0. The third-order valence-corrected chi connectivity index (χ3v) is 2.06. The predicted octanol–water partition coefficient (Wildman–Crippen LogP) is 1.38. The summed E-state index contributed by atoms with van der Waals surface area (Å²) in [5, 5.41) is 0.567. The third-order valence-electron chi connectivity index (χ3n) is 2.06. The van der Waals surface area contributed by atoms with E-state index < -0.39 is 17.8 Å². The van der Waals surface area contributed by atoms with E-state index in [4.69, 9.17) is 0 Å². The van der Waals surface area contributed by atoms with Crippen molar-refractivity contribution in [3.05, 3.63) is 0 Å². The minimum absolute atomic E-state index is 0.137. The van der Waals surface area contributed by atoms with Gasteiger partial charge >= 0.3 is 5.97 Å². The largest absolute Gasteiger partial charge is 0.333 e. The quantitative estimate of drug-likeness (QED) is 0.549. The van der Waals surface area contributed by atoms with E-state index in [-0.39, 0.29) is 19.3 Å². The fourth-order valence-corrected chi connectivity index (χ4v) is 1.13. The molecule has 1 fully saturated rings. The number of hydroxylamine groups is 2. The standard InChI is InChI=1S/C8H11NO4.C4H8O/c1-2-3-8(12)13-9-6(10)4-5-7(9)11;1-2-3-4-5/h2-5H2,1H3;4H,2-3H2,1H3. The first-order valence-corrected chi connectivity index (χ1v) is 6.07. The molecule has 1 saturated heterocycles. The van der Waals surface area contributed by atoms with Gasteiger partial charge < -0.3 is 9.63 Å². The molecule has 0 aromatic rings. The van der Waals surface area contributed by atoms with Crippen LogP contribution in [0.15, 0.2) is 0 Å². The molecular formula is C12H19NO5. The number of hydrogen-bond acceptors (Lipinski definition) is 5. The number of rotatable bonds is 5. The molecule has 0 bridgehead atoms. The van der Waals surface area contributed by atoms with Crippen molar-refractivity contribution in [2.45, 2.75) is 52.4 Å². The molecule has 0 N–H and O–H groups in total. The summed E-state index contributed by atoms with van der Waals surface area (Å²) in [6.07, 6.45) is 3.74. The van der Waals surface area contributed by atoms with Gasteiger partial charge in [0.2, 0.25) is 0 Å². The van der Waals surface area contributed by atoms with E-state index in [1.54, 1.807) is 0 Å². The summed E-state index contributed by atoms with van der Waals surface area (Å²) in [5.74, 6) is -1.41. The Labute approximate surface area is 106 Å². The highest BCUT2D eigenvalue weighted by molar-refractivity contribution is 6.01. The van der Waals surface area contributed by atoms with Gasteiger partial charge in [-0.2, -0.15) is 0 Å². The number of aldehydes is 1. The summed E-state index contributed by atoms with van der Waals surface area (Å²) in [5.41, 5.74) is 0. The van der Waals surface area contributed by atoms with E-state index in [0.29, 0.717) is 17.9 Å². The molecule has 1 aliphatic rings. The second-order valence-corrected chi connectivity index (χ2v) is 3.75. The maximum Gasteiger partial charge on any atom is 0.333 e. The molecule has 6 nitrogen and oxygen atoms in total. The molecule has 6 heteroatoms. The van der Waals surface area contributed by atoms with Crippen LogP contribution in [0.2, 0.25) is 0 Å². The first-order valence-electron chi connectivity index (χ1n) is 6.07. The van der Waals surface area contributed by atoms with Crippen molar-refractivity contribution in [3.8, 4) is 0 Å². The number of amides is 2. The van der Waals surface area contributed by atoms with Crippen LogP contribution in [0.5, 0.6) is 0 Å². The van der Waals surface area contributed by atoms with Crippen LogP contribution in [0.25, 0.3) is 0 Å². The third kappa shape index (κ3) is 6.12. The summed E-state index contributed by atoms with van der Waals surface area (Å²) in [7, 11) is 0. The second-order valence-electron chi connectivity index (χ2n) is 3.75. The molecule has 0 aromatic heterocycles. The second kappa shape index (κ2) is 9.32. The molecule has 18 heavy (non-hydrogen) atoms. The minimum Gasteiger partial charge on any atom is -0.330 e. The number of unbranched alkanes of at least 4 members (excludes halogenated alkanes) is 1. The van der Waals surface area contributed by atoms with Crippen LogP contribution in [-0.2, 0) is 24.0 Å². The van der Waals surface area contributed by atoms with Gasteiger partial charge in [-0.3, -0.25) is 9.59 Å². The van der Waals surface area contributed by atoms with Crippen molar-refractivity contribution in [3.63, 3.8) is 0 Å². The fraction of sp³-hybridized carbons (Fsp3) is 0.667. The number of nitrogens with zero attached hydrogens (tertiary/aromatic N) is 1. The molecule has 1 rings (SSSR count). The lowest BCUT2D eigenvalue weighted by Gasteiger charge is -2.11. The smallest absolute Gasteiger partial charge is 0.330 e. The zero-order valence-corrected chi connectivity index (χ0v) is 10.8. The van der Waals surface area contributed by atoms with Crippen molar-refractivity contribution >= 4 is 24.1 Å². The highest BCUT2D eigenvalue weighted by atomic mass is 16.7. The van der Waals surface area contributed by atoms with Crippen molar-refractivity contribution < 1.29 is 24.0 Å². The average molecular weight is 257 g/mol. The Balaban J connectivity index is 0.000000494. The summed E-state index contributed by atoms with van der Waals surface area (Å²) in [4.78, 5) is 46.8. The van der Waals surface area contributed by atoms with Crippen LogP contribution < -0.4 is 0 Å². The van der Waals surface area contributed by atoms with E-state index in [0.717, 1.165) is 12.7 Å². The Kier molecular flexibility index (Phi) is 8.43. The van der Waals surface area contributed by atoms with Crippen molar-refractivity contribution in [1.82, 2.24) is 5.06 Å². The lowest BCUT2D eigenvalue weighted by atomic mass is 10.3. The minimum atomic E-state index is -0.536. The van der Waals surface area contributed by atoms with E-state index in [9.17, 15) is 19.2 Å². The molecule has 1 aliphatic heterocycles. The molecule has 102 valence electrons. The summed E-state index contributed by atoms with van der Waals surface area (Å²) in [6, 6.07) is 0. The predicted molar refractivity (Wildman–Crippen MR) is 63.1 cm³/mol. The first-order chi connectivity index (χ1) is 8.56. The molecule has 1 heterocycles. The van der Waals surface area contributed by atoms with Gasteiger partial charge in [0.25, 0.3) is 11.8 Å². The van der Waals surface area contributed by atoms with Crippen LogP contribution in [0.3, 0.4) is 0 Å². The molecule has 0 radical (unpaired) electrons. The van der Waals surface area contributed by atoms with Crippen molar-refractivity contribution in [2.75, 3.05) is 0 Å². The monoisotopic (exact) mass is 257 g/mol. The van der Waals surface area contributed by atoms with Crippen LogP contribution in [0.4, 0.5) is 0 Å². The maximum absolute atomic E-state index is 11.0. The number of hydrogen-bond donors (Lipinski definition) is 0. The maximum atomic E-state index is 11.0. The van der Waals surface area contributed by atoms with Crippen molar-refractivity contribution in [2.24, 2.45) is 0 Å². The fourth-order valence-electron chi connectivity index (χ4n) is 1.13. The number of carbonyl (C=O) groups is 4. The van der Waals surface area contributed by atoms with Gasteiger partial charge in [-0.25, -0.2) is 4.79 Å². The molecule has 0 spiro atoms. The molecule has 0 aromatic carbocycles. The normalized spacial score (nSPS) is 14.0. The lowest BCUT2D eigenvalue weighted by Crippen LogP contribution is -2.31. The average Bonchev–Trinajstić information content (AvgIpc) is 2.63.